The highest BCUT2D eigenvalue weighted by Crippen LogP contribution is 1.99. The van der Waals surface area contributed by atoms with Crippen molar-refractivity contribution in [1.82, 2.24) is 0 Å². The average Bonchev–Trinajstić information content (AvgIpc) is 1.84. The molecule has 0 rings (SSSR count). The highest BCUT2D eigenvalue weighted by Gasteiger charge is 2.18. The summed E-state index contributed by atoms with van der Waals surface area (Å²) < 4.78 is 4.32. The monoisotopic (exact) mass is 187 g/mol. The van der Waals surface area contributed by atoms with Crippen molar-refractivity contribution in [1.29, 1.82) is 0 Å². The molecule has 0 radical (unpaired) electrons. The van der Waals surface area contributed by atoms with E-state index >= 15 is 0 Å². The summed E-state index contributed by atoms with van der Waals surface area (Å²) >= 11 is 5.48. The standard InChI is InChI=1S/C5H10ClNO2.ClH/c1-3(6)4(7)5(8)9-2;/h3-4H,7H2,1-2H3;1H. The Morgan fingerprint density at radius 1 is 1.70 bits per heavy atom. The first-order valence-corrected chi connectivity index (χ1v) is 3.00. The number of hydrogen-bond acceptors (Lipinski definition) is 3. The number of alkyl halides is 1. The van der Waals surface area contributed by atoms with E-state index in [1.807, 2.05) is 0 Å². The zero-order valence-corrected chi connectivity index (χ0v) is 7.41. The largest absolute Gasteiger partial charge is 0.468 e. The van der Waals surface area contributed by atoms with Crippen molar-refractivity contribution in [3.05, 3.63) is 0 Å². The lowest BCUT2D eigenvalue weighted by molar-refractivity contribution is -0.142. The second-order valence-electron chi connectivity index (χ2n) is 1.73. The van der Waals surface area contributed by atoms with Crippen LogP contribution in [0.15, 0.2) is 0 Å². The molecule has 0 saturated heterocycles. The van der Waals surface area contributed by atoms with E-state index in [9.17, 15) is 4.79 Å². The summed E-state index contributed by atoms with van der Waals surface area (Å²) in [4.78, 5) is 10.5. The van der Waals surface area contributed by atoms with Gasteiger partial charge in [0.15, 0.2) is 0 Å². The average molecular weight is 188 g/mol. The maximum atomic E-state index is 10.5. The maximum Gasteiger partial charge on any atom is 0.324 e. The van der Waals surface area contributed by atoms with Gasteiger partial charge in [0.05, 0.1) is 12.5 Å². The van der Waals surface area contributed by atoms with Crippen LogP contribution in [0.4, 0.5) is 0 Å². The minimum atomic E-state index is -0.711. The van der Waals surface area contributed by atoms with Gasteiger partial charge < -0.3 is 10.5 Å². The van der Waals surface area contributed by atoms with Crippen LogP contribution in [0.25, 0.3) is 0 Å². The maximum absolute atomic E-state index is 10.5. The molecule has 0 fully saturated rings. The minimum Gasteiger partial charge on any atom is -0.468 e. The number of carbonyl (C=O) groups excluding carboxylic acids is 1. The lowest BCUT2D eigenvalue weighted by atomic mass is 10.2. The molecule has 2 N–H and O–H groups in total. The molecule has 3 nitrogen and oxygen atoms in total. The van der Waals surface area contributed by atoms with Crippen LogP contribution < -0.4 is 5.73 Å². The third kappa shape index (κ3) is 3.93. The highest BCUT2D eigenvalue weighted by molar-refractivity contribution is 6.22. The van der Waals surface area contributed by atoms with Crippen molar-refractivity contribution in [2.24, 2.45) is 5.73 Å². The fourth-order valence-corrected chi connectivity index (χ4v) is 0.426. The van der Waals surface area contributed by atoms with E-state index in [-0.39, 0.29) is 17.8 Å². The Hall–Kier alpha value is 0.01000. The number of hydrogen-bond donors (Lipinski definition) is 1. The Balaban J connectivity index is 0. The van der Waals surface area contributed by atoms with E-state index in [1.54, 1.807) is 6.92 Å². The molecule has 2 atom stereocenters. The molecule has 0 heterocycles. The first kappa shape index (κ1) is 12.7. The van der Waals surface area contributed by atoms with Crippen LogP contribution in [0, 0.1) is 0 Å². The predicted molar refractivity (Wildman–Crippen MR) is 42.6 cm³/mol. The van der Waals surface area contributed by atoms with Crippen LogP contribution >= 0.6 is 24.0 Å². The third-order valence-corrected chi connectivity index (χ3v) is 1.24. The Morgan fingerprint density at radius 2 is 2.10 bits per heavy atom. The predicted octanol–water partition coefficient (Wildman–Crippen LogP) is 0.536. The molecule has 2 unspecified atom stereocenters. The molecule has 0 aromatic rings. The van der Waals surface area contributed by atoms with Gasteiger partial charge in [-0.15, -0.1) is 24.0 Å². The molecule has 0 aliphatic rings. The summed E-state index contributed by atoms with van der Waals surface area (Å²) in [5.41, 5.74) is 5.26. The lowest BCUT2D eigenvalue weighted by Crippen LogP contribution is -2.38. The molecule has 0 aliphatic heterocycles. The van der Waals surface area contributed by atoms with Gasteiger partial charge in [0, 0.05) is 0 Å². The highest BCUT2D eigenvalue weighted by atomic mass is 35.5. The summed E-state index contributed by atoms with van der Waals surface area (Å²) in [5, 5.41) is -0.377. The van der Waals surface area contributed by atoms with Crippen molar-refractivity contribution in [2.45, 2.75) is 18.3 Å². The van der Waals surface area contributed by atoms with Crippen LogP contribution in [0.5, 0.6) is 0 Å². The molecular formula is C5H11Cl2NO2. The summed E-state index contributed by atoms with van der Waals surface area (Å²) in [5.74, 6) is -0.475. The van der Waals surface area contributed by atoms with Crippen molar-refractivity contribution < 1.29 is 9.53 Å². The van der Waals surface area contributed by atoms with E-state index in [0.29, 0.717) is 0 Å². The molecule has 0 aromatic carbocycles. The number of carbonyl (C=O) groups is 1. The van der Waals surface area contributed by atoms with Gasteiger partial charge in [-0.1, -0.05) is 0 Å². The van der Waals surface area contributed by atoms with E-state index in [4.69, 9.17) is 17.3 Å². The van der Waals surface area contributed by atoms with Gasteiger partial charge in [-0.05, 0) is 6.92 Å². The molecule has 0 aliphatic carbocycles. The Bertz CT molecular complexity index is 108. The second-order valence-corrected chi connectivity index (χ2v) is 2.41. The fourth-order valence-electron chi connectivity index (χ4n) is 0.324. The number of halogens is 2. The van der Waals surface area contributed by atoms with E-state index < -0.39 is 12.0 Å². The SMILES string of the molecule is COC(=O)C(N)C(C)Cl.Cl. The molecular weight excluding hydrogens is 177 g/mol. The van der Waals surface area contributed by atoms with Gasteiger partial charge in [0.2, 0.25) is 0 Å². The zero-order chi connectivity index (χ0) is 7.44. The smallest absolute Gasteiger partial charge is 0.324 e. The topological polar surface area (TPSA) is 52.3 Å². The van der Waals surface area contributed by atoms with Crippen molar-refractivity contribution in [3.8, 4) is 0 Å². The third-order valence-electron chi connectivity index (χ3n) is 0.968. The van der Waals surface area contributed by atoms with E-state index in [2.05, 4.69) is 4.74 Å². The second kappa shape index (κ2) is 5.77. The van der Waals surface area contributed by atoms with Crippen molar-refractivity contribution in [3.63, 3.8) is 0 Å². The van der Waals surface area contributed by atoms with Gasteiger partial charge in [0.25, 0.3) is 0 Å². The first-order valence-electron chi connectivity index (χ1n) is 2.57. The van der Waals surface area contributed by atoms with Crippen LogP contribution in [0.2, 0.25) is 0 Å². The zero-order valence-electron chi connectivity index (χ0n) is 5.83. The number of nitrogens with two attached hydrogens (primary N) is 1. The summed E-state index contributed by atoms with van der Waals surface area (Å²) in [6.45, 7) is 1.64. The van der Waals surface area contributed by atoms with Crippen molar-refractivity contribution >= 4 is 30.0 Å². The Morgan fingerprint density at radius 3 is 2.20 bits per heavy atom. The van der Waals surface area contributed by atoms with Crippen LogP contribution in [0.3, 0.4) is 0 Å². The summed E-state index contributed by atoms with van der Waals surface area (Å²) in [6, 6.07) is -0.711. The number of ether oxygens (including phenoxy) is 1. The van der Waals surface area contributed by atoms with Crippen molar-refractivity contribution in [2.75, 3.05) is 7.11 Å². The number of methoxy groups -OCH3 is 1. The van der Waals surface area contributed by atoms with Gasteiger partial charge >= 0.3 is 5.97 Å². The lowest BCUT2D eigenvalue weighted by Gasteiger charge is -2.09. The Labute approximate surface area is 71.3 Å². The molecule has 62 valence electrons. The first-order chi connectivity index (χ1) is 4.09. The van der Waals surface area contributed by atoms with Gasteiger partial charge in [-0.25, -0.2) is 0 Å². The van der Waals surface area contributed by atoms with E-state index in [1.165, 1.54) is 7.11 Å². The Kier molecular flexibility index (Phi) is 7.31. The van der Waals surface area contributed by atoms with Gasteiger partial charge in [0.1, 0.15) is 6.04 Å². The summed E-state index contributed by atoms with van der Waals surface area (Å²) in [6.07, 6.45) is 0. The van der Waals surface area contributed by atoms with Gasteiger partial charge in [-0.3, -0.25) is 4.79 Å². The quantitative estimate of drug-likeness (QED) is 0.508. The summed E-state index contributed by atoms with van der Waals surface area (Å²) in [7, 11) is 1.28. The molecule has 0 saturated carbocycles. The fraction of sp³-hybridized carbons (Fsp3) is 0.800. The molecule has 0 amide bonds. The number of esters is 1. The van der Waals surface area contributed by atoms with Crippen LogP contribution in [-0.2, 0) is 9.53 Å². The van der Waals surface area contributed by atoms with Crippen LogP contribution in [0.1, 0.15) is 6.92 Å². The minimum absolute atomic E-state index is 0. The van der Waals surface area contributed by atoms with Crippen LogP contribution in [-0.4, -0.2) is 24.5 Å². The molecule has 5 heteroatoms. The van der Waals surface area contributed by atoms with Gasteiger partial charge in [-0.2, -0.15) is 0 Å². The molecule has 0 bridgehead atoms. The number of rotatable bonds is 2. The molecule has 0 spiro atoms. The normalized spacial score (nSPS) is 14.8. The van der Waals surface area contributed by atoms with E-state index in [0.717, 1.165) is 0 Å². The molecule has 10 heavy (non-hydrogen) atoms. The molecule has 0 aromatic heterocycles.